The number of alkyl halides is 3. The summed E-state index contributed by atoms with van der Waals surface area (Å²) in [4.78, 5) is 17.4. The van der Waals surface area contributed by atoms with Gasteiger partial charge in [0.05, 0.1) is 5.56 Å². The summed E-state index contributed by atoms with van der Waals surface area (Å²) in [5.41, 5.74) is -0.853. The van der Waals surface area contributed by atoms with Crippen LogP contribution in [0.5, 0.6) is 5.75 Å². The smallest absolute Gasteiger partial charge is 0.416 e. The highest BCUT2D eigenvalue weighted by atomic mass is 79.9. The topological polar surface area (TPSA) is 69.6 Å². The Balaban J connectivity index is 1.37. The third-order valence-corrected chi connectivity index (χ3v) is 6.27. The van der Waals surface area contributed by atoms with E-state index in [4.69, 9.17) is 9.15 Å². The highest BCUT2D eigenvalue weighted by Crippen LogP contribution is 2.32. The number of furan rings is 1. The third-order valence-electron chi connectivity index (χ3n) is 4.78. The van der Waals surface area contributed by atoms with Crippen LogP contribution in [-0.2, 0) is 12.8 Å². The molecule has 3 aromatic heterocycles. The predicted octanol–water partition coefficient (Wildman–Crippen LogP) is 5.32. The van der Waals surface area contributed by atoms with Crippen LogP contribution in [0.2, 0.25) is 0 Å². The molecule has 34 heavy (non-hydrogen) atoms. The van der Waals surface area contributed by atoms with E-state index in [0.29, 0.717) is 26.8 Å². The molecule has 0 aliphatic carbocycles. The van der Waals surface area contributed by atoms with Gasteiger partial charge in [-0.25, -0.2) is 0 Å². The van der Waals surface area contributed by atoms with Crippen molar-refractivity contribution in [3.05, 3.63) is 97.2 Å². The molecule has 5 aromatic rings. The minimum absolute atomic E-state index is 0.104. The Hall–Kier alpha value is -3.44. The van der Waals surface area contributed by atoms with Crippen LogP contribution in [0, 0.1) is 0 Å². The Morgan fingerprint density at radius 3 is 2.65 bits per heavy atom. The highest BCUT2D eigenvalue weighted by Gasteiger charge is 2.30. The Morgan fingerprint density at radius 2 is 1.91 bits per heavy atom. The molecule has 0 bridgehead atoms. The van der Waals surface area contributed by atoms with Crippen molar-refractivity contribution in [2.45, 2.75) is 12.8 Å². The van der Waals surface area contributed by atoms with Crippen molar-refractivity contribution >= 4 is 38.3 Å². The van der Waals surface area contributed by atoms with Crippen LogP contribution in [0.4, 0.5) is 13.2 Å². The van der Waals surface area contributed by atoms with E-state index in [1.54, 1.807) is 24.3 Å². The van der Waals surface area contributed by atoms with Crippen LogP contribution < -0.4 is 14.8 Å². The largest absolute Gasteiger partial charge is 0.486 e. The van der Waals surface area contributed by atoms with Crippen LogP contribution in [0.3, 0.4) is 0 Å². The molecule has 172 valence electrons. The molecule has 0 fully saturated rings. The molecule has 0 saturated heterocycles. The van der Waals surface area contributed by atoms with E-state index in [1.165, 1.54) is 22.7 Å². The number of halogens is 4. The van der Waals surface area contributed by atoms with Gasteiger partial charge in [-0.1, -0.05) is 39.4 Å². The first kappa shape index (κ1) is 22.4. The number of thiazole rings is 1. The van der Waals surface area contributed by atoms with Crippen molar-refractivity contribution in [1.29, 1.82) is 0 Å². The zero-order valence-corrected chi connectivity index (χ0v) is 19.4. The van der Waals surface area contributed by atoms with Crippen molar-refractivity contribution in [1.82, 2.24) is 14.6 Å². The number of ether oxygens (including phenoxy) is 1. The normalized spacial score (nSPS) is 12.5. The molecule has 0 unspecified atom stereocenters. The predicted molar refractivity (Wildman–Crippen MR) is 124 cm³/mol. The van der Waals surface area contributed by atoms with Gasteiger partial charge in [0.25, 0.3) is 5.56 Å². The first-order valence-electron chi connectivity index (χ1n) is 9.82. The summed E-state index contributed by atoms with van der Waals surface area (Å²) in [6, 6.07) is 15.3. The fraction of sp³-hybridized carbons (Fsp3) is 0.0870. The summed E-state index contributed by atoms with van der Waals surface area (Å²) in [5.74, 6) is 1.60. The Bertz CT molecular complexity index is 1590. The zero-order valence-electron chi connectivity index (χ0n) is 17.0. The van der Waals surface area contributed by atoms with Crippen molar-refractivity contribution in [2.24, 2.45) is 0 Å². The molecule has 6 nitrogen and oxygen atoms in total. The third kappa shape index (κ3) is 4.62. The fourth-order valence-corrected chi connectivity index (χ4v) is 4.35. The van der Waals surface area contributed by atoms with Crippen LogP contribution in [0.1, 0.15) is 17.1 Å². The number of rotatable bonds is 5. The maximum Gasteiger partial charge on any atom is 0.416 e. The number of benzene rings is 2. The molecule has 11 heteroatoms. The van der Waals surface area contributed by atoms with Gasteiger partial charge in [-0.3, -0.25) is 4.79 Å². The summed E-state index contributed by atoms with van der Waals surface area (Å²) in [6.07, 6.45) is -2.94. The molecule has 0 aliphatic heterocycles. The van der Waals surface area contributed by atoms with Gasteiger partial charge in [-0.2, -0.15) is 22.7 Å². The number of hydrogen-bond donors (Lipinski definition) is 0. The number of hydrogen-bond acceptors (Lipinski definition) is 6. The molecule has 2 aromatic carbocycles. The first-order valence-corrected chi connectivity index (χ1v) is 11.4. The molecule has 0 amide bonds. The fourth-order valence-electron chi connectivity index (χ4n) is 3.18. The lowest BCUT2D eigenvalue weighted by Crippen LogP contribution is -2.23. The second-order valence-electron chi connectivity index (χ2n) is 7.16. The van der Waals surface area contributed by atoms with Gasteiger partial charge in [0.2, 0.25) is 4.96 Å². The molecule has 0 atom stereocenters. The second kappa shape index (κ2) is 8.73. The molecule has 5 rings (SSSR count). The van der Waals surface area contributed by atoms with Gasteiger partial charge in [0.1, 0.15) is 28.4 Å². The summed E-state index contributed by atoms with van der Waals surface area (Å²) in [7, 11) is 0. The minimum atomic E-state index is -4.45. The van der Waals surface area contributed by atoms with Gasteiger partial charge >= 0.3 is 6.18 Å². The van der Waals surface area contributed by atoms with Crippen molar-refractivity contribution in [3.63, 3.8) is 0 Å². The molecular weight excluding hydrogens is 535 g/mol. The zero-order chi connectivity index (χ0) is 23.9. The van der Waals surface area contributed by atoms with Gasteiger partial charge in [-0.05, 0) is 48.5 Å². The Labute approximate surface area is 202 Å². The molecule has 0 saturated carbocycles. The van der Waals surface area contributed by atoms with E-state index in [-0.39, 0.29) is 23.5 Å². The second-order valence-corrected chi connectivity index (χ2v) is 9.09. The van der Waals surface area contributed by atoms with E-state index in [0.717, 1.165) is 27.9 Å². The highest BCUT2D eigenvalue weighted by molar-refractivity contribution is 9.10. The van der Waals surface area contributed by atoms with Gasteiger partial charge in [0, 0.05) is 16.1 Å². The Kier molecular flexibility index (Phi) is 5.74. The summed E-state index contributed by atoms with van der Waals surface area (Å²) < 4.78 is 52.7. The minimum Gasteiger partial charge on any atom is -0.486 e. The van der Waals surface area contributed by atoms with Gasteiger partial charge in [0.15, 0.2) is 5.82 Å². The van der Waals surface area contributed by atoms with E-state index >= 15 is 0 Å². The molecule has 0 radical (unpaired) electrons. The van der Waals surface area contributed by atoms with E-state index < -0.39 is 11.7 Å². The first-order chi connectivity index (χ1) is 16.3. The van der Waals surface area contributed by atoms with Crippen molar-refractivity contribution in [3.8, 4) is 17.1 Å². The Morgan fingerprint density at radius 1 is 1.12 bits per heavy atom. The van der Waals surface area contributed by atoms with Crippen molar-refractivity contribution in [2.75, 3.05) is 0 Å². The molecule has 0 N–H and O–H groups in total. The average molecular weight is 548 g/mol. The lowest BCUT2D eigenvalue weighted by atomic mass is 10.1. The average Bonchev–Trinajstić information content (AvgIpc) is 3.50. The number of aromatic nitrogens is 3. The van der Waals surface area contributed by atoms with Gasteiger partial charge in [-0.15, -0.1) is 5.10 Å². The monoisotopic (exact) mass is 547 g/mol. The number of fused-ring (bicyclic) bond motifs is 1. The summed E-state index contributed by atoms with van der Waals surface area (Å²) in [6.45, 7) is 0.104. The standard InChI is InChI=1S/C23H13BrF3N3O3S/c24-15-4-6-16(7-5-15)32-12-20-28-22-30(29-20)21(31)19(34-22)11-17-8-9-18(33-17)13-2-1-3-14(10-13)23(25,26)27/h1-11H,12H2. The van der Waals surface area contributed by atoms with E-state index in [1.807, 2.05) is 12.1 Å². The van der Waals surface area contributed by atoms with Gasteiger partial charge < -0.3 is 9.15 Å². The molecule has 0 aliphatic rings. The maximum absolute atomic E-state index is 13.0. The molecule has 0 spiro atoms. The maximum atomic E-state index is 13.0. The quantitative estimate of drug-likeness (QED) is 0.298. The van der Waals surface area contributed by atoms with Crippen LogP contribution >= 0.6 is 27.3 Å². The summed E-state index contributed by atoms with van der Waals surface area (Å²) >= 11 is 4.48. The molecule has 3 heterocycles. The van der Waals surface area contributed by atoms with E-state index in [9.17, 15) is 18.0 Å². The van der Waals surface area contributed by atoms with Crippen LogP contribution in [0.25, 0.3) is 22.4 Å². The molecular formula is C23H13BrF3N3O3S. The summed E-state index contributed by atoms with van der Waals surface area (Å²) in [5, 5.41) is 4.20. The van der Waals surface area contributed by atoms with Crippen LogP contribution in [-0.4, -0.2) is 14.6 Å². The SMILES string of the molecule is O=c1c(=Cc2ccc(-c3cccc(C(F)(F)F)c3)o2)sc2nc(COc3ccc(Br)cc3)nn12. The van der Waals surface area contributed by atoms with Crippen LogP contribution in [0.15, 0.2) is 74.3 Å². The lowest BCUT2D eigenvalue weighted by molar-refractivity contribution is -0.137. The lowest BCUT2D eigenvalue weighted by Gasteiger charge is -2.07. The number of nitrogens with zero attached hydrogens (tertiary/aromatic N) is 3. The van der Waals surface area contributed by atoms with Crippen molar-refractivity contribution < 1.29 is 22.3 Å². The van der Waals surface area contributed by atoms with E-state index in [2.05, 4.69) is 26.0 Å².